The molecule has 4 unspecified atom stereocenters. The number of phenolic OH excluding ortho intramolecular Hbond substituents is 2. The quantitative estimate of drug-likeness (QED) is 0.265. The average Bonchev–Trinajstić information content (AvgIpc) is 3.61. The Morgan fingerprint density at radius 3 is 1.48 bits per heavy atom. The number of hydrogen-bond donors (Lipinski definition) is 4. The number of hydrogen-bond acceptors (Lipinski definition) is 6. The number of aliphatic hydroxyl groups excluding tert-OH is 2. The first-order chi connectivity index (χ1) is 23.0. The molecule has 2 fully saturated rings. The van der Waals surface area contributed by atoms with Gasteiger partial charge in [-0.25, -0.2) is 0 Å². The Bertz CT molecular complexity index is 1670. The minimum atomic E-state index is -0.615. The molecular weight excluding hydrogens is 628 g/mol. The lowest BCUT2D eigenvalue weighted by Crippen LogP contribution is -2.71. The minimum Gasteiger partial charge on any atom is -0.504 e. The van der Waals surface area contributed by atoms with Gasteiger partial charge in [-0.1, -0.05) is 64.4 Å². The first-order valence-corrected chi connectivity index (χ1v) is 17.7. The van der Waals surface area contributed by atoms with Crippen LogP contribution in [0.2, 0.25) is 0 Å². The van der Waals surface area contributed by atoms with Gasteiger partial charge in [-0.3, -0.25) is 0 Å². The van der Waals surface area contributed by atoms with Crippen molar-refractivity contribution in [3.63, 3.8) is 0 Å². The van der Waals surface area contributed by atoms with Crippen molar-refractivity contribution in [2.45, 2.75) is 87.9 Å². The van der Waals surface area contributed by atoms with Gasteiger partial charge >= 0.3 is 0 Å². The highest BCUT2D eigenvalue weighted by atomic mass is 16.5. The summed E-state index contributed by atoms with van der Waals surface area (Å²) in [5, 5.41) is 41.9. The molecule has 2 saturated heterocycles. The molecule has 12 atom stereocenters. The van der Waals surface area contributed by atoms with E-state index in [1.165, 1.54) is 22.3 Å². The number of benzene rings is 2. The van der Waals surface area contributed by atoms with Crippen LogP contribution in [0.3, 0.4) is 0 Å². The van der Waals surface area contributed by atoms with Gasteiger partial charge in [0.05, 0.1) is 51.1 Å². The van der Waals surface area contributed by atoms with Gasteiger partial charge in [-0.2, -0.15) is 0 Å². The number of piperidine rings is 2. The maximum atomic E-state index is 10.6. The molecule has 8 aliphatic rings. The monoisotopic (exact) mass is 684 g/mol. The lowest BCUT2D eigenvalue weighted by Gasteiger charge is -2.59. The van der Waals surface area contributed by atoms with Crippen molar-refractivity contribution in [3.8, 4) is 23.0 Å². The molecule has 4 heterocycles. The van der Waals surface area contributed by atoms with Crippen molar-refractivity contribution in [1.29, 1.82) is 0 Å². The molecular formula is C42H56N2O6+2. The van der Waals surface area contributed by atoms with Crippen molar-refractivity contribution in [2.75, 3.05) is 40.3 Å². The molecule has 8 heteroatoms. The van der Waals surface area contributed by atoms with Crippen LogP contribution in [0, 0.1) is 11.8 Å². The zero-order valence-electron chi connectivity index (χ0n) is 28.0. The molecule has 2 spiro atoms. The smallest absolute Gasteiger partial charge is 0.165 e. The molecule has 4 bridgehead atoms. The lowest BCUT2D eigenvalue weighted by molar-refractivity contribution is -0.938. The van der Waals surface area contributed by atoms with Gasteiger partial charge in [0.15, 0.2) is 23.0 Å². The summed E-state index contributed by atoms with van der Waals surface area (Å²) >= 11 is 0. The van der Waals surface area contributed by atoms with Crippen LogP contribution in [0.15, 0.2) is 73.9 Å². The number of aromatic hydroxyl groups is 2. The second-order valence-electron chi connectivity index (χ2n) is 16.2. The van der Waals surface area contributed by atoms with Crippen molar-refractivity contribution >= 4 is 0 Å². The molecule has 4 aliphatic heterocycles. The fourth-order valence-electron chi connectivity index (χ4n) is 12.0. The fraction of sp³-hybridized carbons (Fsp3) is 0.524. The number of phenols is 2. The van der Waals surface area contributed by atoms with Crippen LogP contribution < -0.4 is 9.47 Å². The Morgan fingerprint density at radius 2 is 1.10 bits per heavy atom. The summed E-state index contributed by atoms with van der Waals surface area (Å²) in [6.07, 6.45) is 14.4. The van der Waals surface area contributed by atoms with Crippen LogP contribution in [-0.4, -0.2) is 106 Å². The van der Waals surface area contributed by atoms with E-state index in [9.17, 15) is 20.4 Å². The molecule has 2 aromatic carbocycles. The van der Waals surface area contributed by atoms with Crippen LogP contribution in [0.25, 0.3) is 0 Å². The molecule has 10 rings (SSSR count). The van der Waals surface area contributed by atoms with Crippen molar-refractivity contribution in [3.05, 3.63) is 96.1 Å². The van der Waals surface area contributed by atoms with E-state index < -0.39 is 12.2 Å². The molecule has 50 heavy (non-hydrogen) atoms. The number of quaternary nitrogens is 2. The summed E-state index contributed by atoms with van der Waals surface area (Å²) in [5.41, 5.74) is 4.51. The summed E-state index contributed by atoms with van der Waals surface area (Å²) in [5.74, 6) is 2.30. The molecule has 4 aliphatic carbocycles. The van der Waals surface area contributed by atoms with Crippen molar-refractivity contribution < 1.29 is 38.9 Å². The van der Waals surface area contributed by atoms with Gasteiger partial charge in [0.1, 0.15) is 36.5 Å². The molecule has 0 saturated carbocycles. The predicted molar refractivity (Wildman–Crippen MR) is 196 cm³/mol. The van der Waals surface area contributed by atoms with E-state index in [1.807, 2.05) is 24.3 Å². The number of ether oxygens (including phenoxy) is 2. The highest BCUT2D eigenvalue weighted by molar-refractivity contribution is 5.62. The Labute approximate surface area is 297 Å². The summed E-state index contributed by atoms with van der Waals surface area (Å²) in [4.78, 5) is 0. The predicted octanol–water partition coefficient (Wildman–Crippen LogP) is 5.07. The Kier molecular flexibility index (Phi) is 8.00. The summed E-state index contributed by atoms with van der Waals surface area (Å²) in [7, 11) is 4.66. The third-order valence-corrected chi connectivity index (χ3v) is 14.2. The molecule has 0 amide bonds. The summed E-state index contributed by atoms with van der Waals surface area (Å²) < 4.78 is 14.3. The normalized spacial score (nSPS) is 42.2. The van der Waals surface area contributed by atoms with Gasteiger partial charge in [-0.15, -0.1) is 0 Å². The molecule has 268 valence electrons. The van der Waals surface area contributed by atoms with E-state index >= 15 is 0 Å². The summed E-state index contributed by atoms with van der Waals surface area (Å²) in [6, 6.07) is 8.51. The number of likely N-dealkylation sites (tertiary alicyclic amines) is 2. The maximum Gasteiger partial charge on any atom is 0.165 e. The third-order valence-electron chi connectivity index (χ3n) is 14.2. The number of aliphatic hydroxyl groups is 2. The zero-order valence-corrected chi connectivity index (χ0v) is 28.0. The van der Waals surface area contributed by atoms with Gasteiger partial charge < -0.3 is 38.9 Å². The van der Waals surface area contributed by atoms with Crippen LogP contribution in [0.4, 0.5) is 0 Å². The van der Waals surface area contributed by atoms with Crippen molar-refractivity contribution in [1.82, 2.24) is 0 Å². The molecule has 2 aromatic rings. The van der Waals surface area contributed by atoms with Crippen molar-refractivity contribution in [2.24, 2.45) is 11.8 Å². The standard InChI is InChI=1S/2C20H23NO3.2CH4/c2*1-3-9-21(2)10-8-20-13-5-7-16(23)19(20)24-18-15(22)6-4-12(17(18)20)11-14(13)21;;/h2*3-7,13-14,16,19,23H,1,8-11H2,2H3;2*1H4/p+2/t2*13?,14-,16+,19+,20+,21?;;/m11../s1. The van der Waals surface area contributed by atoms with Gasteiger partial charge in [0.2, 0.25) is 0 Å². The van der Waals surface area contributed by atoms with E-state index in [0.29, 0.717) is 35.4 Å². The lowest BCUT2D eigenvalue weighted by atomic mass is 9.52. The fourth-order valence-corrected chi connectivity index (χ4v) is 12.0. The van der Waals surface area contributed by atoms with E-state index in [2.05, 4.69) is 51.5 Å². The molecule has 4 N–H and O–H groups in total. The number of rotatable bonds is 4. The Balaban J connectivity index is 0.000000151. The second kappa shape index (κ2) is 11.5. The van der Waals surface area contributed by atoms with E-state index in [4.69, 9.17) is 9.47 Å². The topological polar surface area (TPSA) is 99.4 Å². The van der Waals surface area contributed by atoms with E-state index in [0.717, 1.165) is 60.8 Å². The zero-order chi connectivity index (χ0) is 33.4. The average molecular weight is 685 g/mol. The highest BCUT2D eigenvalue weighted by Crippen LogP contribution is 2.65. The highest BCUT2D eigenvalue weighted by Gasteiger charge is 2.69. The van der Waals surface area contributed by atoms with Crippen LogP contribution >= 0.6 is 0 Å². The Hall–Kier alpha value is -3.56. The summed E-state index contributed by atoms with van der Waals surface area (Å²) in [6.45, 7) is 11.9. The molecule has 8 nitrogen and oxygen atoms in total. The van der Waals surface area contributed by atoms with Gasteiger partial charge in [-0.05, 0) is 35.4 Å². The van der Waals surface area contributed by atoms with Crippen LogP contribution in [-0.2, 0) is 23.7 Å². The van der Waals surface area contributed by atoms with Gasteiger partial charge in [0.25, 0.3) is 0 Å². The second-order valence-corrected chi connectivity index (χ2v) is 16.2. The maximum absolute atomic E-state index is 10.6. The minimum absolute atomic E-state index is 0. The van der Waals surface area contributed by atoms with Crippen LogP contribution in [0.1, 0.15) is 49.9 Å². The Morgan fingerprint density at radius 1 is 0.700 bits per heavy atom. The SMILES string of the molecule is C.C.C=CC[N+]1(C)CC[C@]23c4c5ccc(O)c4O[C@H]2[C@@H](O)C=CC3[C@H]1C5.C=CC[N+]1(C)CC[C@]23c4c5ccc(O)c4O[C@H]2[C@@H](O)C=CC3[C@H]1C5. The molecule has 0 aromatic heterocycles. The first-order valence-electron chi connectivity index (χ1n) is 17.7. The largest absolute Gasteiger partial charge is 0.504 e. The van der Waals surface area contributed by atoms with E-state index in [-0.39, 0.29) is 49.4 Å². The first kappa shape index (κ1) is 34.9. The molecule has 0 radical (unpaired) electrons. The van der Waals surface area contributed by atoms with Crippen LogP contribution in [0.5, 0.6) is 23.0 Å². The third kappa shape index (κ3) is 4.13. The van der Waals surface area contributed by atoms with E-state index in [1.54, 1.807) is 12.1 Å². The number of likely N-dealkylation sites (N-methyl/N-ethyl adjacent to an activating group) is 2. The van der Waals surface area contributed by atoms with Gasteiger partial charge in [0, 0.05) is 48.6 Å². The number of nitrogens with zero attached hydrogens (tertiary/aromatic N) is 2.